The van der Waals surface area contributed by atoms with E-state index in [0.717, 1.165) is 22.3 Å². The van der Waals surface area contributed by atoms with E-state index in [1.165, 1.54) is 11.1 Å². The van der Waals surface area contributed by atoms with Crippen LogP contribution in [0.1, 0.15) is 36.6 Å². The van der Waals surface area contributed by atoms with Crippen LogP contribution in [0, 0.1) is 18.5 Å². The Morgan fingerprint density at radius 2 is 1.95 bits per heavy atom. The quantitative estimate of drug-likeness (QED) is 0.721. The van der Waals surface area contributed by atoms with Crippen LogP contribution >= 0.6 is 12.2 Å². The molecule has 5 heteroatoms. The molecule has 21 heavy (non-hydrogen) atoms. The smallest absolute Gasteiger partial charge is 0.146 e. The third kappa shape index (κ3) is 2.27. The molecule has 0 radical (unpaired) electrons. The molecule has 2 heterocycles. The number of fused-ring (bicyclic) bond motifs is 1. The van der Waals surface area contributed by atoms with Gasteiger partial charge in [0, 0.05) is 5.39 Å². The summed E-state index contributed by atoms with van der Waals surface area (Å²) in [4.78, 5) is 0. The van der Waals surface area contributed by atoms with Crippen molar-refractivity contribution in [3.63, 3.8) is 0 Å². The van der Waals surface area contributed by atoms with Crippen LogP contribution in [0.25, 0.3) is 16.6 Å². The number of nitrogens with one attached hydrogen (secondary N) is 1. The van der Waals surface area contributed by atoms with Crippen LogP contribution in [0.3, 0.4) is 0 Å². The number of hydrogen-bond donors (Lipinski definition) is 1. The van der Waals surface area contributed by atoms with Gasteiger partial charge in [-0.25, -0.2) is 4.68 Å². The first-order valence-electron chi connectivity index (χ1n) is 7.03. The fraction of sp³-hybridized carbons (Fsp3) is 0.312. The topological polar surface area (TPSA) is 46.5 Å². The number of benzene rings is 1. The molecule has 0 saturated heterocycles. The van der Waals surface area contributed by atoms with Crippen molar-refractivity contribution >= 4 is 23.1 Å². The minimum absolute atomic E-state index is 0.316. The number of rotatable bonds is 2. The number of nitrogens with zero attached hydrogens (tertiary/aromatic N) is 3. The van der Waals surface area contributed by atoms with E-state index in [-0.39, 0.29) is 0 Å². The molecular formula is C16H18N4S. The molecule has 0 aliphatic rings. The van der Waals surface area contributed by atoms with E-state index in [2.05, 4.69) is 61.2 Å². The fourth-order valence-corrected chi connectivity index (χ4v) is 2.71. The summed E-state index contributed by atoms with van der Waals surface area (Å²) >= 11 is 5.42. The van der Waals surface area contributed by atoms with Crippen molar-refractivity contribution in [3.8, 4) is 5.69 Å². The van der Waals surface area contributed by atoms with Gasteiger partial charge in [0.25, 0.3) is 0 Å². The highest BCUT2D eigenvalue weighted by Crippen LogP contribution is 2.25. The monoisotopic (exact) mass is 298 g/mol. The molecule has 3 rings (SSSR count). The Morgan fingerprint density at radius 3 is 2.62 bits per heavy atom. The minimum Gasteiger partial charge on any atom is -0.266 e. The van der Waals surface area contributed by atoms with E-state index < -0.39 is 0 Å². The van der Waals surface area contributed by atoms with Crippen molar-refractivity contribution in [1.82, 2.24) is 20.0 Å². The molecule has 0 atom stereocenters. The molecule has 0 saturated carbocycles. The lowest BCUT2D eigenvalue weighted by molar-refractivity contribution is 0.795. The van der Waals surface area contributed by atoms with Gasteiger partial charge in [0.2, 0.25) is 0 Å². The Hall–Kier alpha value is -2.01. The van der Waals surface area contributed by atoms with Gasteiger partial charge in [-0.15, -0.1) is 0 Å². The van der Waals surface area contributed by atoms with Gasteiger partial charge in [0.15, 0.2) is 0 Å². The highest BCUT2D eigenvalue weighted by molar-refractivity contribution is 7.71. The second-order valence-corrected chi connectivity index (χ2v) is 6.09. The van der Waals surface area contributed by atoms with Gasteiger partial charge < -0.3 is 0 Å². The Morgan fingerprint density at radius 1 is 1.19 bits per heavy atom. The predicted octanol–water partition coefficient (Wildman–Crippen LogP) is 4.22. The van der Waals surface area contributed by atoms with Crippen molar-refractivity contribution in [3.05, 3.63) is 45.9 Å². The summed E-state index contributed by atoms with van der Waals surface area (Å²) < 4.78 is 2.51. The summed E-state index contributed by atoms with van der Waals surface area (Å²) in [6.07, 6.45) is 1.86. The van der Waals surface area contributed by atoms with Crippen molar-refractivity contribution in [2.24, 2.45) is 0 Å². The Kier molecular flexibility index (Phi) is 3.37. The van der Waals surface area contributed by atoms with E-state index in [1.54, 1.807) is 0 Å². The van der Waals surface area contributed by atoms with Gasteiger partial charge in [-0.3, -0.25) is 5.10 Å². The second kappa shape index (κ2) is 5.07. The average molecular weight is 298 g/mol. The lowest BCUT2D eigenvalue weighted by atomic mass is 10.1. The standard InChI is InChI=1S/C16H18N4S/c1-9(2)14-13-8-17-20(15(13)16(21)19-18-14)12-6-5-10(3)11(4)7-12/h5-9H,1-4H3,(H,19,21). The summed E-state index contributed by atoms with van der Waals surface area (Å²) in [7, 11) is 0. The third-order valence-corrected chi connectivity index (χ3v) is 4.10. The zero-order valence-corrected chi connectivity index (χ0v) is 13.5. The summed E-state index contributed by atoms with van der Waals surface area (Å²) in [5.41, 5.74) is 5.45. The van der Waals surface area contributed by atoms with Crippen molar-refractivity contribution < 1.29 is 0 Å². The van der Waals surface area contributed by atoms with Crippen molar-refractivity contribution in [1.29, 1.82) is 0 Å². The van der Waals surface area contributed by atoms with Crippen LogP contribution in [0.4, 0.5) is 0 Å². The summed E-state index contributed by atoms with van der Waals surface area (Å²) in [6, 6.07) is 6.31. The van der Waals surface area contributed by atoms with Crippen LogP contribution < -0.4 is 0 Å². The number of hydrogen-bond acceptors (Lipinski definition) is 3. The average Bonchev–Trinajstić information content (AvgIpc) is 2.87. The highest BCUT2D eigenvalue weighted by atomic mass is 32.1. The zero-order valence-electron chi connectivity index (χ0n) is 12.6. The van der Waals surface area contributed by atoms with Crippen LogP contribution in [-0.4, -0.2) is 20.0 Å². The lowest BCUT2D eigenvalue weighted by Crippen LogP contribution is -2.01. The first-order chi connectivity index (χ1) is 9.99. The second-order valence-electron chi connectivity index (χ2n) is 5.68. The molecule has 0 aliphatic carbocycles. The van der Waals surface area contributed by atoms with Crippen LogP contribution in [0.2, 0.25) is 0 Å². The first kappa shape index (κ1) is 13.9. The molecule has 1 N–H and O–H groups in total. The normalized spacial score (nSPS) is 11.5. The Bertz CT molecular complexity index is 874. The van der Waals surface area contributed by atoms with Gasteiger partial charge in [0.1, 0.15) is 10.2 Å². The van der Waals surface area contributed by atoms with Gasteiger partial charge in [0.05, 0.1) is 17.6 Å². The molecule has 2 aromatic heterocycles. The fourth-order valence-electron chi connectivity index (χ4n) is 2.47. The molecule has 0 spiro atoms. The maximum Gasteiger partial charge on any atom is 0.146 e. The molecule has 0 amide bonds. The maximum absolute atomic E-state index is 5.42. The number of aromatic nitrogens is 4. The molecular weight excluding hydrogens is 280 g/mol. The summed E-state index contributed by atoms with van der Waals surface area (Å²) in [5, 5.41) is 12.9. The molecule has 0 fully saturated rings. The van der Waals surface area contributed by atoms with Gasteiger partial charge >= 0.3 is 0 Å². The highest BCUT2D eigenvalue weighted by Gasteiger charge is 2.14. The number of H-pyrrole nitrogens is 1. The predicted molar refractivity (Wildman–Crippen MR) is 87.6 cm³/mol. The molecule has 0 aliphatic heterocycles. The molecule has 3 aromatic rings. The van der Waals surface area contributed by atoms with E-state index in [0.29, 0.717) is 10.6 Å². The molecule has 1 aromatic carbocycles. The van der Waals surface area contributed by atoms with E-state index in [1.807, 2.05) is 10.9 Å². The number of aryl methyl sites for hydroxylation is 2. The van der Waals surface area contributed by atoms with Crippen LogP contribution in [0.5, 0.6) is 0 Å². The molecule has 0 bridgehead atoms. The molecule has 0 unspecified atom stereocenters. The van der Waals surface area contributed by atoms with Crippen LogP contribution in [-0.2, 0) is 0 Å². The molecule has 108 valence electrons. The van der Waals surface area contributed by atoms with Gasteiger partial charge in [-0.05, 0) is 43.0 Å². The van der Waals surface area contributed by atoms with E-state index >= 15 is 0 Å². The van der Waals surface area contributed by atoms with E-state index in [4.69, 9.17) is 12.2 Å². The first-order valence-corrected chi connectivity index (χ1v) is 7.44. The number of aromatic amines is 1. The third-order valence-electron chi connectivity index (χ3n) is 3.82. The SMILES string of the molecule is Cc1ccc(-n2ncc3c(C(C)C)n[nH]c(=S)c32)cc1C. The lowest BCUT2D eigenvalue weighted by Gasteiger charge is -2.08. The van der Waals surface area contributed by atoms with Gasteiger partial charge in [-0.2, -0.15) is 10.2 Å². The minimum atomic E-state index is 0.316. The summed E-state index contributed by atoms with van der Waals surface area (Å²) in [6.45, 7) is 8.44. The Labute approximate surface area is 128 Å². The van der Waals surface area contributed by atoms with Crippen molar-refractivity contribution in [2.45, 2.75) is 33.6 Å². The zero-order chi connectivity index (χ0) is 15.1. The largest absolute Gasteiger partial charge is 0.266 e. The molecule has 4 nitrogen and oxygen atoms in total. The summed E-state index contributed by atoms with van der Waals surface area (Å²) in [5.74, 6) is 0.316. The maximum atomic E-state index is 5.42. The Balaban J connectivity index is 2.32. The van der Waals surface area contributed by atoms with Crippen LogP contribution in [0.15, 0.2) is 24.4 Å². The van der Waals surface area contributed by atoms with E-state index in [9.17, 15) is 0 Å². The van der Waals surface area contributed by atoms with Gasteiger partial charge in [-0.1, -0.05) is 32.1 Å². The van der Waals surface area contributed by atoms with Crippen molar-refractivity contribution in [2.75, 3.05) is 0 Å².